The molecule has 3 rings (SSSR count). The molecular formula is C13H17N3OS. The van der Waals surface area contributed by atoms with Gasteiger partial charge in [-0.15, -0.1) is 11.3 Å². The summed E-state index contributed by atoms with van der Waals surface area (Å²) in [5.74, 6) is 1.55. The van der Waals surface area contributed by atoms with Gasteiger partial charge in [-0.3, -0.25) is 0 Å². The highest BCUT2D eigenvalue weighted by Crippen LogP contribution is 2.61. The zero-order valence-electron chi connectivity index (χ0n) is 10.5. The molecule has 0 saturated heterocycles. The molecule has 0 unspecified atom stereocenters. The number of ether oxygens (including phenoxy) is 1. The monoisotopic (exact) mass is 263 g/mol. The summed E-state index contributed by atoms with van der Waals surface area (Å²) in [4.78, 5) is 0.533. The van der Waals surface area contributed by atoms with Crippen LogP contribution in [0, 0.1) is 22.7 Å². The van der Waals surface area contributed by atoms with Gasteiger partial charge in [-0.25, -0.2) is 0 Å². The summed E-state index contributed by atoms with van der Waals surface area (Å²) in [6.45, 7) is 0.985. The predicted octanol–water partition coefficient (Wildman–Crippen LogP) is 2.81. The van der Waals surface area contributed by atoms with Crippen molar-refractivity contribution in [2.75, 3.05) is 24.7 Å². The zero-order valence-corrected chi connectivity index (χ0v) is 11.3. The molecule has 2 aliphatic carbocycles. The van der Waals surface area contributed by atoms with Crippen LogP contribution in [0.4, 0.5) is 10.7 Å². The normalized spacial score (nSPS) is 20.2. The van der Waals surface area contributed by atoms with E-state index in [1.807, 2.05) is 0 Å². The quantitative estimate of drug-likeness (QED) is 0.857. The fraction of sp³-hybridized carbons (Fsp3) is 0.615. The first-order valence-electron chi connectivity index (χ1n) is 6.30. The lowest BCUT2D eigenvalue weighted by atomic mass is 10.0. The van der Waals surface area contributed by atoms with Crippen LogP contribution in [-0.2, 0) is 0 Å². The van der Waals surface area contributed by atoms with Crippen LogP contribution in [0.1, 0.15) is 30.6 Å². The number of hydrogen-bond donors (Lipinski definition) is 2. The second-order valence-corrected chi connectivity index (χ2v) is 6.33. The van der Waals surface area contributed by atoms with Crippen LogP contribution in [0.2, 0.25) is 0 Å². The van der Waals surface area contributed by atoms with E-state index in [4.69, 9.17) is 15.7 Å². The summed E-state index contributed by atoms with van der Waals surface area (Å²) >= 11 is 1.39. The summed E-state index contributed by atoms with van der Waals surface area (Å²) < 4.78 is 5.29. The molecule has 0 amide bonds. The molecule has 1 aromatic rings. The Labute approximate surface area is 111 Å². The lowest BCUT2D eigenvalue weighted by Crippen LogP contribution is -2.17. The van der Waals surface area contributed by atoms with Crippen molar-refractivity contribution in [1.82, 2.24) is 0 Å². The van der Waals surface area contributed by atoms with E-state index in [9.17, 15) is 0 Å². The summed E-state index contributed by atoms with van der Waals surface area (Å²) in [6.07, 6.45) is 5.43. The fourth-order valence-corrected chi connectivity index (χ4v) is 3.56. The van der Waals surface area contributed by atoms with Crippen LogP contribution in [0.3, 0.4) is 0 Å². The molecule has 2 saturated carbocycles. The summed E-state index contributed by atoms with van der Waals surface area (Å²) in [5.41, 5.74) is 6.86. The number of hydrogen-bond acceptors (Lipinski definition) is 5. The maximum absolute atomic E-state index is 8.99. The van der Waals surface area contributed by atoms with E-state index in [1.54, 1.807) is 7.11 Å². The number of nitriles is 1. The van der Waals surface area contributed by atoms with Crippen molar-refractivity contribution >= 4 is 22.0 Å². The first-order chi connectivity index (χ1) is 8.70. The molecule has 0 aliphatic heterocycles. The standard InChI is InChI=1S/C13H17N3OS/c1-17-11-10(15)9(6-14)18-12(11)16-7-13(4-5-13)8-2-3-8/h8,16H,2-5,7,15H2,1H3. The lowest BCUT2D eigenvalue weighted by molar-refractivity contribution is 0.418. The van der Waals surface area contributed by atoms with Crippen LogP contribution in [0.15, 0.2) is 0 Å². The smallest absolute Gasteiger partial charge is 0.177 e. The number of rotatable bonds is 5. The van der Waals surface area contributed by atoms with Gasteiger partial charge in [0.15, 0.2) is 5.75 Å². The number of anilines is 2. The minimum atomic E-state index is 0.462. The highest BCUT2D eigenvalue weighted by Gasteiger charge is 2.53. The molecule has 0 aromatic carbocycles. The SMILES string of the molecule is COc1c(NCC2(C3CC3)CC2)sc(C#N)c1N. The molecule has 5 heteroatoms. The number of nitrogen functional groups attached to an aromatic ring is 1. The third kappa shape index (κ3) is 1.81. The Morgan fingerprint density at radius 1 is 1.56 bits per heavy atom. The molecule has 96 valence electrons. The van der Waals surface area contributed by atoms with Crippen LogP contribution >= 0.6 is 11.3 Å². The van der Waals surface area contributed by atoms with Crippen molar-refractivity contribution < 1.29 is 4.74 Å². The molecule has 2 aliphatic rings. The van der Waals surface area contributed by atoms with E-state index in [0.29, 0.717) is 21.7 Å². The van der Waals surface area contributed by atoms with Crippen molar-refractivity contribution in [3.05, 3.63) is 4.88 Å². The Bertz CT molecular complexity index is 509. The van der Waals surface area contributed by atoms with Crippen molar-refractivity contribution in [2.24, 2.45) is 11.3 Å². The van der Waals surface area contributed by atoms with Crippen LogP contribution in [-0.4, -0.2) is 13.7 Å². The molecule has 2 fully saturated rings. The van der Waals surface area contributed by atoms with Crippen molar-refractivity contribution in [1.29, 1.82) is 5.26 Å². The molecule has 18 heavy (non-hydrogen) atoms. The average molecular weight is 263 g/mol. The van der Waals surface area contributed by atoms with Crippen molar-refractivity contribution in [2.45, 2.75) is 25.7 Å². The summed E-state index contributed by atoms with van der Waals surface area (Å²) in [7, 11) is 1.60. The Balaban J connectivity index is 1.74. The second-order valence-electron chi connectivity index (χ2n) is 5.31. The largest absolute Gasteiger partial charge is 0.492 e. The van der Waals surface area contributed by atoms with Gasteiger partial charge in [0.1, 0.15) is 21.6 Å². The minimum Gasteiger partial charge on any atom is -0.492 e. The topological polar surface area (TPSA) is 71.1 Å². The van der Waals surface area contributed by atoms with Gasteiger partial charge in [0.2, 0.25) is 0 Å². The van der Waals surface area contributed by atoms with E-state index in [-0.39, 0.29) is 0 Å². The van der Waals surface area contributed by atoms with E-state index in [1.165, 1.54) is 37.0 Å². The van der Waals surface area contributed by atoms with E-state index in [0.717, 1.165) is 17.5 Å². The van der Waals surface area contributed by atoms with E-state index < -0.39 is 0 Å². The molecule has 0 spiro atoms. The first kappa shape index (κ1) is 11.7. The summed E-state index contributed by atoms with van der Waals surface area (Å²) in [6, 6.07) is 2.11. The third-order valence-electron chi connectivity index (χ3n) is 4.14. The highest BCUT2D eigenvalue weighted by molar-refractivity contribution is 7.17. The number of nitrogens with two attached hydrogens (primary N) is 1. The molecule has 0 radical (unpaired) electrons. The molecule has 0 bridgehead atoms. The minimum absolute atomic E-state index is 0.462. The van der Waals surface area contributed by atoms with Gasteiger partial charge in [0.25, 0.3) is 0 Å². The maximum Gasteiger partial charge on any atom is 0.177 e. The number of thiophene rings is 1. The van der Waals surface area contributed by atoms with Crippen LogP contribution < -0.4 is 15.8 Å². The number of nitrogens with one attached hydrogen (secondary N) is 1. The van der Waals surface area contributed by atoms with Crippen molar-refractivity contribution in [3.63, 3.8) is 0 Å². The van der Waals surface area contributed by atoms with Gasteiger partial charge in [-0.2, -0.15) is 5.26 Å². The van der Waals surface area contributed by atoms with Gasteiger partial charge in [0, 0.05) is 6.54 Å². The maximum atomic E-state index is 8.99. The lowest BCUT2D eigenvalue weighted by Gasteiger charge is -2.15. The number of nitrogens with zero attached hydrogens (tertiary/aromatic N) is 1. The fourth-order valence-electron chi connectivity index (χ4n) is 2.67. The molecule has 1 aromatic heterocycles. The number of methoxy groups -OCH3 is 1. The van der Waals surface area contributed by atoms with Gasteiger partial charge in [-0.05, 0) is 37.0 Å². The second kappa shape index (κ2) is 4.06. The predicted molar refractivity (Wildman–Crippen MR) is 72.9 cm³/mol. The Morgan fingerprint density at radius 3 is 2.78 bits per heavy atom. The molecule has 1 heterocycles. The summed E-state index contributed by atoms with van der Waals surface area (Å²) in [5, 5.41) is 13.3. The molecular weight excluding hydrogens is 246 g/mol. The highest BCUT2D eigenvalue weighted by atomic mass is 32.1. The Hall–Kier alpha value is -1.41. The van der Waals surface area contributed by atoms with Gasteiger partial charge in [-0.1, -0.05) is 0 Å². The molecule has 0 atom stereocenters. The van der Waals surface area contributed by atoms with Crippen molar-refractivity contribution in [3.8, 4) is 11.8 Å². The molecule has 4 nitrogen and oxygen atoms in total. The van der Waals surface area contributed by atoms with E-state index in [2.05, 4.69) is 11.4 Å². The average Bonchev–Trinajstić information content (AvgIpc) is 3.24. The van der Waals surface area contributed by atoms with Gasteiger partial charge >= 0.3 is 0 Å². The molecule has 3 N–H and O–H groups in total. The Kier molecular flexibility index (Phi) is 2.63. The first-order valence-corrected chi connectivity index (χ1v) is 7.12. The third-order valence-corrected chi connectivity index (χ3v) is 5.19. The van der Waals surface area contributed by atoms with Gasteiger partial charge < -0.3 is 15.8 Å². The van der Waals surface area contributed by atoms with E-state index >= 15 is 0 Å². The Morgan fingerprint density at radius 2 is 2.28 bits per heavy atom. The van der Waals surface area contributed by atoms with Crippen LogP contribution in [0.5, 0.6) is 5.75 Å². The van der Waals surface area contributed by atoms with Gasteiger partial charge in [0.05, 0.1) is 7.11 Å². The zero-order chi connectivity index (χ0) is 12.8. The van der Waals surface area contributed by atoms with Crippen LogP contribution in [0.25, 0.3) is 0 Å².